The van der Waals surface area contributed by atoms with Gasteiger partial charge in [0, 0.05) is 58.7 Å². The number of carbonyl (C=O) groups is 3. The van der Waals surface area contributed by atoms with Gasteiger partial charge in [-0.25, -0.2) is 4.79 Å². The standard InChI is InChI=1S/C27H40N4O3.ClH/c1-6-31-25(34)28(5)24(33)27(31)12-14-29(15-13-27)17-21-18-30(23(32)16-26(2,3)4)19-22(21)20-10-8-7-9-11-20;/h7-11,21-22H,6,12-19H2,1-5H3;1H/t21-,22+;/m0./s1. The molecule has 7 nitrogen and oxygen atoms in total. The van der Waals surface area contributed by atoms with E-state index in [1.165, 1.54) is 10.5 Å². The van der Waals surface area contributed by atoms with E-state index in [2.05, 4.69) is 54.8 Å². The summed E-state index contributed by atoms with van der Waals surface area (Å²) in [6, 6.07) is 10.4. The first-order chi connectivity index (χ1) is 16.1. The van der Waals surface area contributed by atoms with Gasteiger partial charge in [0.05, 0.1) is 0 Å². The van der Waals surface area contributed by atoms with E-state index in [4.69, 9.17) is 0 Å². The molecule has 0 unspecified atom stereocenters. The van der Waals surface area contributed by atoms with Gasteiger partial charge in [-0.3, -0.25) is 14.5 Å². The van der Waals surface area contributed by atoms with Crippen LogP contribution >= 0.6 is 12.4 Å². The second-order valence-electron chi connectivity index (χ2n) is 11.5. The Kier molecular flexibility index (Phi) is 8.22. The third kappa shape index (κ3) is 5.36. The number of hydrogen-bond donors (Lipinski definition) is 0. The second kappa shape index (κ2) is 10.5. The first-order valence-corrected chi connectivity index (χ1v) is 12.7. The monoisotopic (exact) mass is 504 g/mol. The number of halogens is 1. The molecule has 2 atom stereocenters. The van der Waals surface area contributed by atoms with Gasteiger partial charge in [0.25, 0.3) is 5.91 Å². The lowest BCUT2D eigenvalue weighted by atomic mass is 9.84. The molecule has 35 heavy (non-hydrogen) atoms. The fourth-order valence-electron chi connectivity index (χ4n) is 6.14. The molecule has 4 rings (SSSR count). The van der Waals surface area contributed by atoms with Crippen molar-refractivity contribution in [3.8, 4) is 0 Å². The van der Waals surface area contributed by atoms with Crippen LogP contribution in [0.25, 0.3) is 0 Å². The average Bonchev–Trinajstić information content (AvgIpc) is 3.29. The maximum Gasteiger partial charge on any atom is 0.327 e. The molecule has 194 valence electrons. The van der Waals surface area contributed by atoms with E-state index in [-0.39, 0.29) is 35.7 Å². The number of amides is 4. The molecule has 3 aliphatic rings. The summed E-state index contributed by atoms with van der Waals surface area (Å²) in [7, 11) is 1.60. The summed E-state index contributed by atoms with van der Waals surface area (Å²) in [6.45, 7) is 12.9. The Labute approximate surface area is 216 Å². The number of imide groups is 1. The molecule has 3 fully saturated rings. The Balaban J connectivity index is 0.00000342. The maximum atomic E-state index is 13.0. The quantitative estimate of drug-likeness (QED) is 0.571. The summed E-state index contributed by atoms with van der Waals surface area (Å²) in [4.78, 5) is 46.1. The van der Waals surface area contributed by atoms with Crippen molar-refractivity contribution in [2.45, 2.75) is 58.4 Å². The molecule has 3 heterocycles. The van der Waals surface area contributed by atoms with E-state index < -0.39 is 5.54 Å². The first kappa shape index (κ1) is 27.5. The van der Waals surface area contributed by atoms with Crippen molar-refractivity contribution < 1.29 is 14.4 Å². The minimum atomic E-state index is -0.680. The van der Waals surface area contributed by atoms with Gasteiger partial charge in [0.2, 0.25) is 5.91 Å². The van der Waals surface area contributed by atoms with Crippen LogP contribution in [0.4, 0.5) is 4.79 Å². The van der Waals surface area contributed by atoms with Crippen LogP contribution in [0.2, 0.25) is 0 Å². The van der Waals surface area contributed by atoms with Crippen molar-refractivity contribution in [1.82, 2.24) is 19.6 Å². The Hall–Kier alpha value is -2.12. The average molecular weight is 505 g/mol. The molecule has 0 N–H and O–H groups in total. The van der Waals surface area contributed by atoms with Gasteiger partial charge >= 0.3 is 6.03 Å². The lowest BCUT2D eigenvalue weighted by molar-refractivity contribution is -0.135. The van der Waals surface area contributed by atoms with Crippen molar-refractivity contribution in [1.29, 1.82) is 0 Å². The Morgan fingerprint density at radius 2 is 1.69 bits per heavy atom. The number of benzene rings is 1. The van der Waals surface area contributed by atoms with Gasteiger partial charge < -0.3 is 14.7 Å². The van der Waals surface area contributed by atoms with Crippen LogP contribution in [0.3, 0.4) is 0 Å². The molecule has 3 saturated heterocycles. The number of carbonyl (C=O) groups excluding carboxylic acids is 3. The molecule has 0 aliphatic carbocycles. The zero-order valence-electron chi connectivity index (χ0n) is 21.8. The second-order valence-corrected chi connectivity index (χ2v) is 11.5. The highest BCUT2D eigenvalue weighted by Crippen LogP contribution is 2.39. The van der Waals surface area contributed by atoms with Gasteiger partial charge in [0.1, 0.15) is 5.54 Å². The molecule has 0 radical (unpaired) electrons. The van der Waals surface area contributed by atoms with Crippen LogP contribution < -0.4 is 0 Å². The van der Waals surface area contributed by atoms with Crippen molar-refractivity contribution >= 4 is 30.3 Å². The minimum absolute atomic E-state index is 0. The lowest BCUT2D eigenvalue weighted by Gasteiger charge is -2.42. The molecule has 0 bridgehead atoms. The van der Waals surface area contributed by atoms with Gasteiger partial charge in [-0.05, 0) is 36.7 Å². The van der Waals surface area contributed by atoms with Gasteiger partial charge in [-0.2, -0.15) is 0 Å². The largest absolute Gasteiger partial charge is 0.342 e. The van der Waals surface area contributed by atoms with Crippen molar-refractivity contribution in [3.63, 3.8) is 0 Å². The molecule has 8 heteroatoms. The van der Waals surface area contributed by atoms with Gasteiger partial charge in [-0.15, -0.1) is 12.4 Å². The highest BCUT2D eigenvalue weighted by molar-refractivity contribution is 6.06. The van der Waals surface area contributed by atoms with Crippen molar-refractivity contribution in [2.75, 3.05) is 46.3 Å². The molecular weight excluding hydrogens is 464 g/mol. The number of rotatable bonds is 5. The highest BCUT2D eigenvalue weighted by atomic mass is 35.5. The van der Waals surface area contributed by atoms with Crippen molar-refractivity contribution in [3.05, 3.63) is 35.9 Å². The minimum Gasteiger partial charge on any atom is -0.342 e. The van der Waals surface area contributed by atoms with Crippen LogP contribution in [0.5, 0.6) is 0 Å². The van der Waals surface area contributed by atoms with Gasteiger partial charge in [-0.1, -0.05) is 51.1 Å². The molecule has 0 saturated carbocycles. The SMILES string of the molecule is CCN1C(=O)N(C)C(=O)C12CCN(C[C@H]1CN(C(=O)CC(C)(C)C)C[C@@H]1c1ccccc1)CC2.Cl. The molecule has 1 aromatic carbocycles. The number of hydrogen-bond acceptors (Lipinski definition) is 4. The maximum absolute atomic E-state index is 13.0. The fourth-order valence-corrected chi connectivity index (χ4v) is 6.14. The summed E-state index contributed by atoms with van der Waals surface area (Å²) in [5.41, 5.74) is 0.588. The summed E-state index contributed by atoms with van der Waals surface area (Å²) < 4.78 is 0. The van der Waals surface area contributed by atoms with E-state index in [9.17, 15) is 14.4 Å². The molecule has 1 spiro atoms. The number of urea groups is 1. The van der Waals surface area contributed by atoms with E-state index in [1.807, 2.05) is 13.0 Å². The van der Waals surface area contributed by atoms with E-state index >= 15 is 0 Å². The van der Waals surface area contributed by atoms with Crippen LogP contribution in [-0.4, -0.2) is 89.3 Å². The van der Waals surface area contributed by atoms with E-state index in [1.54, 1.807) is 11.9 Å². The zero-order valence-corrected chi connectivity index (χ0v) is 22.6. The lowest BCUT2D eigenvalue weighted by Crippen LogP contribution is -2.57. The molecule has 4 amide bonds. The van der Waals surface area contributed by atoms with Crippen LogP contribution in [0.15, 0.2) is 30.3 Å². The number of piperidine rings is 1. The summed E-state index contributed by atoms with van der Waals surface area (Å²) in [5.74, 6) is 0.853. The summed E-state index contributed by atoms with van der Waals surface area (Å²) in [5, 5.41) is 0. The first-order valence-electron chi connectivity index (χ1n) is 12.7. The Bertz CT molecular complexity index is 924. The fraction of sp³-hybridized carbons (Fsp3) is 0.667. The molecule has 3 aliphatic heterocycles. The number of likely N-dealkylation sites (tertiary alicyclic amines) is 2. The van der Waals surface area contributed by atoms with Gasteiger partial charge in [0.15, 0.2) is 0 Å². The smallest absolute Gasteiger partial charge is 0.327 e. The third-order valence-corrected chi connectivity index (χ3v) is 7.93. The van der Waals surface area contributed by atoms with E-state index in [0.29, 0.717) is 37.6 Å². The molecule has 1 aromatic rings. The third-order valence-electron chi connectivity index (χ3n) is 7.93. The topological polar surface area (TPSA) is 64.2 Å². The van der Waals surface area contributed by atoms with Crippen molar-refractivity contribution in [2.24, 2.45) is 11.3 Å². The number of nitrogens with zero attached hydrogens (tertiary/aromatic N) is 4. The number of likely N-dealkylation sites (N-methyl/N-ethyl adjacent to an activating group) is 2. The van der Waals surface area contributed by atoms with Crippen LogP contribution in [0.1, 0.15) is 58.4 Å². The predicted octanol–water partition coefficient (Wildman–Crippen LogP) is 3.84. The predicted molar refractivity (Wildman–Crippen MR) is 140 cm³/mol. The molecular formula is C27H41ClN4O3. The summed E-state index contributed by atoms with van der Waals surface area (Å²) in [6.07, 6.45) is 1.90. The molecule has 0 aromatic heterocycles. The summed E-state index contributed by atoms with van der Waals surface area (Å²) >= 11 is 0. The van der Waals surface area contributed by atoms with Crippen LogP contribution in [0, 0.1) is 11.3 Å². The Morgan fingerprint density at radius 3 is 2.26 bits per heavy atom. The van der Waals surface area contributed by atoms with Crippen LogP contribution in [-0.2, 0) is 9.59 Å². The van der Waals surface area contributed by atoms with E-state index in [0.717, 1.165) is 32.7 Å². The zero-order chi connectivity index (χ0) is 24.7. The highest BCUT2D eigenvalue weighted by Gasteiger charge is 2.56. The Morgan fingerprint density at radius 1 is 1.06 bits per heavy atom. The normalized spacial score (nSPS) is 24.9.